The predicted molar refractivity (Wildman–Crippen MR) is 46.3 cm³/mol. The van der Waals surface area contributed by atoms with Gasteiger partial charge in [-0.1, -0.05) is 21.6 Å². The van der Waals surface area contributed by atoms with E-state index in [1.165, 1.54) is 16.3 Å². The average molecular weight is 169 g/mol. The first-order valence-corrected chi connectivity index (χ1v) is 5.52. The van der Waals surface area contributed by atoms with E-state index in [9.17, 15) is 0 Å². The highest BCUT2D eigenvalue weighted by atomic mass is 33.1. The summed E-state index contributed by atoms with van der Waals surface area (Å²) in [6.45, 7) is 0. The first-order chi connectivity index (χ1) is 4.97. The van der Waals surface area contributed by atoms with Gasteiger partial charge >= 0.3 is 0 Å². The van der Waals surface area contributed by atoms with Crippen molar-refractivity contribution in [3.8, 4) is 0 Å². The molecule has 0 atom stereocenters. The number of rotatable bonds is 0. The van der Waals surface area contributed by atoms with Crippen molar-refractivity contribution in [2.24, 2.45) is 0 Å². The zero-order valence-corrected chi connectivity index (χ0v) is 7.04. The van der Waals surface area contributed by atoms with Crippen LogP contribution in [0.15, 0.2) is 23.2 Å². The van der Waals surface area contributed by atoms with Gasteiger partial charge < -0.3 is 0 Å². The topological polar surface area (TPSA) is 12.9 Å². The number of hydrogen-bond donors (Lipinski definition) is 0. The third-order valence-corrected chi connectivity index (χ3v) is 3.85. The van der Waals surface area contributed by atoms with Crippen molar-refractivity contribution in [1.82, 2.24) is 4.98 Å². The number of nitrogens with zero attached hydrogens (tertiary/aromatic N) is 1. The van der Waals surface area contributed by atoms with Crippen LogP contribution in [-0.4, -0.2) is 10.7 Å². The Morgan fingerprint density at radius 2 is 2.50 bits per heavy atom. The lowest BCUT2D eigenvalue weighted by atomic mass is 10.3. The third-order valence-electron chi connectivity index (χ3n) is 1.42. The lowest BCUT2D eigenvalue weighted by Gasteiger charge is -2.11. The molecular formula is C7H7NS2. The number of hydrogen-bond acceptors (Lipinski definition) is 3. The maximum atomic E-state index is 4.29. The molecule has 0 saturated heterocycles. The second-order valence-corrected chi connectivity index (χ2v) is 4.56. The Balaban J connectivity index is 2.41. The van der Waals surface area contributed by atoms with Gasteiger partial charge in [-0.2, -0.15) is 0 Å². The summed E-state index contributed by atoms with van der Waals surface area (Å²) in [5.74, 6) is 1.20. The molecule has 2 heterocycles. The van der Waals surface area contributed by atoms with E-state index in [1.54, 1.807) is 0 Å². The van der Waals surface area contributed by atoms with E-state index < -0.39 is 0 Å². The Morgan fingerprint density at radius 1 is 1.50 bits per heavy atom. The van der Waals surface area contributed by atoms with Gasteiger partial charge in [-0.3, -0.25) is 4.98 Å². The minimum Gasteiger partial charge on any atom is -0.260 e. The SMILES string of the molecule is c1cnc2c(c1)SSCC2. The normalized spacial score (nSPS) is 16.4. The number of fused-ring (bicyclic) bond motifs is 1. The molecule has 0 N–H and O–H groups in total. The molecule has 1 aromatic rings. The quantitative estimate of drug-likeness (QED) is 0.553. The van der Waals surface area contributed by atoms with Crippen molar-refractivity contribution in [2.45, 2.75) is 11.3 Å². The number of pyridine rings is 1. The summed E-state index contributed by atoms with van der Waals surface area (Å²) in [5.41, 5.74) is 1.27. The van der Waals surface area contributed by atoms with Crippen LogP contribution < -0.4 is 0 Å². The largest absolute Gasteiger partial charge is 0.260 e. The molecule has 52 valence electrons. The van der Waals surface area contributed by atoms with Crippen LogP contribution in [0.25, 0.3) is 0 Å². The molecule has 0 aromatic carbocycles. The molecule has 0 amide bonds. The Bertz CT molecular complexity index is 212. The van der Waals surface area contributed by atoms with Crippen molar-refractivity contribution >= 4 is 21.6 Å². The van der Waals surface area contributed by atoms with Crippen LogP contribution in [-0.2, 0) is 6.42 Å². The molecular weight excluding hydrogens is 162 g/mol. The molecule has 1 aliphatic rings. The summed E-state index contributed by atoms with van der Waals surface area (Å²) in [5, 5.41) is 0. The molecule has 10 heavy (non-hydrogen) atoms. The van der Waals surface area contributed by atoms with E-state index in [2.05, 4.69) is 11.1 Å². The van der Waals surface area contributed by atoms with E-state index >= 15 is 0 Å². The fraction of sp³-hybridized carbons (Fsp3) is 0.286. The molecule has 0 unspecified atom stereocenters. The minimum absolute atomic E-state index is 1.13. The van der Waals surface area contributed by atoms with Crippen LogP contribution in [0.5, 0.6) is 0 Å². The van der Waals surface area contributed by atoms with E-state index in [0.29, 0.717) is 0 Å². The highest BCUT2D eigenvalue weighted by molar-refractivity contribution is 8.76. The Hall–Kier alpha value is -0.150. The van der Waals surface area contributed by atoms with E-state index in [1.807, 2.05) is 33.9 Å². The summed E-state index contributed by atoms with van der Waals surface area (Å²) in [7, 11) is 3.76. The standard InChI is InChI=1S/C7H7NS2/c1-2-7-6(8-4-1)3-5-9-10-7/h1-2,4H,3,5H2. The van der Waals surface area contributed by atoms with Crippen LogP contribution in [0.4, 0.5) is 0 Å². The van der Waals surface area contributed by atoms with Gasteiger partial charge in [0, 0.05) is 23.3 Å². The van der Waals surface area contributed by atoms with Gasteiger partial charge in [0.25, 0.3) is 0 Å². The van der Waals surface area contributed by atoms with E-state index in [-0.39, 0.29) is 0 Å². The molecule has 0 fully saturated rings. The summed E-state index contributed by atoms with van der Waals surface area (Å²) in [4.78, 5) is 5.63. The van der Waals surface area contributed by atoms with E-state index in [4.69, 9.17) is 0 Å². The van der Waals surface area contributed by atoms with Crippen molar-refractivity contribution < 1.29 is 0 Å². The van der Waals surface area contributed by atoms with Crippen molar-refractivity contribution in [3.63, 3.8) is 0 Å². The minimum atomic E-state index is 1.13. The van der Waals surface area contributed by atoms with Gasteiger partial charge in [-0.05, 0) is 12.1 Å². The fourth-order valence-electron chi connectivity index (χ4n) is 0.930. The molecule has 0 spiro atoms. The molecule has 0 aliphatic carbocycles. The monoisotopic (exact) mass is 169 g/mol. The van der Waals surface area contributed by atoms with Crippen molar-refractivity contribution in [2.75, 3.05) is 5.75 Å². The summed E-state index contributed by atoms with van der Waals surface area (Å²) < 4.78 is 0. The van der Waals surface area contributed by atoms with E-state index in [0.717, 1.165) is 6.42 Å². The Kier molecular flexibility index (Phi) is 1.86. The smallest absolute Gasteiger partial charge is 0.0556 e. The highest BCUT2D eigenvalue weighted by Crippen LogP contribution is 2.37. The van der Waals surface area contributed by atoms with Gasteiger partial charge in [0.05, 0.1) is 5.69 Å². The third kappa shape index (κ3) is 1.16. The number of aromatic nitrogens is 1. The molecule has 1 aliphatic heterocycles. The second kappa shape index (κ2) is 2.84. The average Bonchev–Trinajstić information content (AvgIpc) is 2.05. The molecule has 0 saturated carbocycles. The summed E-state index contributed by atoms with van der Waals surface area (Å²) in [6, 6.07) is 4.14. The zero-order valence-electron chi connectivity index (χ0n) is 5.41. The van der Waals surface area contributed by atoms with Crippen LogP contribution in [0.1, 0.15) is 5.69 Å². The molecule has 1 nitrogen and oxygen atoms in total. The molecule has 0 bridgehead atoms. The Labute approximate surface area is 68.0 Å². The maximum Gasteiger partial charge on any atom is 0.0556 e. The molecule has 2 rings (SSSR count). The second-order valence-electron chi connectivity index (χ2n) is 2.10. The predicted octanol–water partition coefficient (Wildman–Crippen LogP) is 2.38. The van der Waals surface area contributed by atoms with Crippen LogP contribution in [0.2, 0.25) is 0 Å². The molecule has 1 aromatic heterocycles. The highest BCUT2D eigenvalue weighted by Gasteiger charge is 2.09. The van der Waals surface area contributed by atoms with Gasteiger partial charge in [-0.15, -0.1) is 0 Å². The molecule has 3 heteroatoms. The lowest BCUT2D eigenvalue weighted by Crippen LogP contribution is -1.97. The fourth-order valence-corrected chi connectivity index (χ4v) is 3.14. The van der Waals surface area contributed by atoms with Crippen LogP contribution >= 0.6 is 21.6 Å². The number of aryl methyl sites for hydroxylation is 1. The van der Waals surface area contributed by atoms with Gasteiger partial charge in [0.2, 0.25) is 0 Å². The summed E-state index contributed by atoms with van der Waals surface area (Å²) >= 11 is 0. The van der Waals surface area contributed by atoms with Gasteiger partial charge in [-0.25, -0.2) is 0 Å². The van der Waals surface area contributed by atoms with Gasteiger partial charge in [0.1, 0.15) is 0 Å². The van der Waals surface area contributed by atoms with Crippen LogP contribution in [0.3, 0.4) is 0 Å². The maximum absolute atomic E-state index is 4.29. The first kappa shape index (κ1) is 6.55. The molecule has 0 radical (unpaired) electrons. The Morgan fingerprint density at radius 3 is 3.40 bits per heavy atom. The lowest BCUT2D eigenvalue weighted by molar-refractivity contribution is 0.988. The van der Waals surface area contributed by atoms with Crippen LogP contribution in [0, 0.1) is 0 Å². The summed E-state index contributed by atoms with van der Waals surface area (Å²) in [6.07, 6.45) is 3.00. The van der Waals surface area contributed by atoms with Gasteiger partial charge in [0.15, 0.2) is 0 Å². The van der Waals surface area contributed by atoms with Crippen molar-refractivity contribution in [3.05, 3.63) is 24.0 Å². The first-order valence-electron chi connectivity index (χ1n) is 3.20. The van der Waals surface area contributed by atoms with Crippen molar-refractivity contribution in [1.29, 1.82) is 0 Å². The zero-order chi connectivity index (χ0) is 6.81.